The number of hydrogen-bond acceptors (Lipinski definition) is 5. The van der Waals surface area contributed by atoms with E-state index in [0.29, 0.717) is 11.4 Å². The summed E-state index contributed by atoms with van der Waals surface area (Å²) < 4.78 is 0.841. The Morgan fingerprint density at radius 2 is 1.31 bits per heavy atom. The first-order chi connectivity index (χ1) is 16.9. The van der Waals surface area contributed by atoms with Crippen molar-refractivity contribution >= 4 is 39.2 Å². The number of amides is 2. The highest BCUT2D eigenvalue weighted by molar-refractivity contribution is 6.04. The van der Waals surface area contributed by atoms with Crippen molar-refractivity contribution in [3.8, 4) is 0 Å². The molecule has 1 N–H and O–H groups in total. The molecular formula is C27H29N6O3. The summed E-state index contributed by atoms with van der Waals surface area (Å²) in [6, 6.07) is 19.4. The minimum absolute atomic E-state index is 0.122. The van der Waals surface area contributed by atoms with Crippen LogP contribution in [0.5, 0.6) is 0 Å². The van der Waals surface area contributed by atoms with E-state index in [-0.39, 0.29) is 11.9 Å². The van der Waals surface area contributed by atoms with Crippen molar-refractivity contribution in [1.82, 2.24) is 20.5 Å². The first-order valence-corrected chi connectivity index (χ1v) is 11.7. The minimum atomic E-state index is -0.881. The summed E-state index contributed by atoms with van der Waals surface area (Å²) in [5.74, 6) is 0.688. The number of hydrogen-bond donors (Lipinski definition) is 1. The van der Waals surface area contributed by atoms with Gasteiger partial charge in [-0.2, -0.15) is 0 Å². The molecule has 9 heteroatoms. The summed E-state index contributed by atoms with van der Waals surface area (Å²) in [7, 11) is 3.26. The molecule has 0 saturated heterocycles. The summed E-state index contributed by atoms with van der Waals surface area (Å²) in [5.41, 5.74) is 2.68. The summed E-state index contributed by atoms with van der Waals surface area (Å²) in [5, 5.41) is 37.9. The fraction of sp³-hybridized carbons (Fsp3) is 0.296. The fourth-order valence-corrected chi connectivity index (χ4v) is 4.49. The predicted molar refractivity (Wildman–Crippen MR) is 139 cm³/mol. The monoisotopic (exact) mass is 485 g/mol. The SMILES string of the molecule is CN1N=C(c2cc3ccc4cc(C5=[N+]([O-])C(C)(C)C(C)(C)N5[O])cc(ccc(c2)c3)c4)NN(C)C1=O. The van der Waals surface area contributed by atoms with Gasteiger partial charge in [0.15, 0.2) is 11.4 Å². The Balaban J connectivity index is 1.66. The second kappa shape index (κ2) is 7.96. The summed E-state index contributed by atoms with van der Waals surface area (Å²) in [4.78, 5) is 12.0. The molecule has 0 aromatic heterocycles. The molecule has 0 aliphatic carbocycles. The van der Waals surface area contributed by atoms with Gasteiger partial charge in [0.2, 0.25) is 0 Å². The number of hydrazine groups is 1. The lowest BCUT2D eigenvalue weighted by molar-refractivity contribution is -0.539. The maximum Gasteiger partial charge on any atom is 0.358 e. The lowest BCUT2D eigenvalue weighted by Gasteiger charge is -2.32. The Morgan fingerprint density at radius 1 is 0.833 bits per heavy atom. The topological polar surface area (TPSA) is 97.2 Å². The average Bonchev–Trinajstić information content (AvgIpc) is 2.95. The number of nitrogens with zero attached hydrogens (tertiary/aromatic N) is 5. The van der Waals surface area contributed by atoms with Crippen LogP contribution >= 0.6 is 0 Å². The number of urea groups is 1. The van der Waals surface area contributed by atoms with Gasteiger partial charge in [-0.15, -0.1) is 5.10 Å². The van der Waals surface area contributed by atoms with Gasteiger partial charge in [0.1, 0.15) is 5.54 Å². The van der Waals surface area contributed by atoms with Crippen LogP contribution in [0.25, 0.3) is 21.5 Å². The van der Waals surface area contributed by atoms with Crippen LogP contribution in [0.15, 0.2) is 65.8 Å². The highest BCUT2D eigenvalue weighted by Crippen LogP contribution is 2.37. The van der Waals surface area contributed by atoms with E-state index in [9.17, 15) is 15.2 Å². The molecule has 2 heterocycles. The molecule has 2 aliphatic rings. The minimum Gasteiger partial charge on any atom is -0.714 e. The normalized spacial score (nSPS) is 19.1. The van der Waals surface area contributed by atoms with Crippen LogP contribution < -0.4 is 5.43 Å². The predicted octanol–water partition coefficient (Wildman–Crippen LogP) is 4.19. The third-order valence-corrected chi connectivity index (χ3v) is 7.41. The van der Waals surface area contributed by atoms with Crippen molar-refractivity contribution in [2.75, 3.05) is 14.1 Å². The van der Waals surface area contributed by atoms with Crippen molar-refractivity contribution in [1.29, 1.82) is 0 Å². The second-order valence-electron chi connectivity index (χ2n) is 10.4. The van der Waals surface area contributed by atoms with Gasteiger partial charge in [0.05, 0.1) is 5.56 Å². The van der Waals surface area contributed by atoms with E-state index in [1.807, 2.05) is 54.6 Å². The molecule has 2 amide bonds. The van der Waals surface area contributed by atoms with Gasteiger partial charge in [-0.1, -0.05) is 29.3 Å². The summed E-state index contributed by atoms with van der Waals surface area (Å²) in [6.07, 6.45) is 0. The van der Waals surface area contributed by atoms with Crippen LogP contribution in [-0.2, 0) is 5.21 Å². The number of benzene rings is 2. The number of hydroxylamine groups is 3. The molecule has 185 valence electrons. The van der Waals surface area contributed by atoms with Gasteiger partial charge >= 0.3 is 11.9 Å². The van der Waals surface area contributed by atoms with E-state index in [1.54, 1.807) is 41.8 Å². The number of fused-ring (bicyclic) bond motifs is 4. The standard InChI is InChI=1S/C27H29N6O3/c1-26(2)27(3,4)33(36)24(32(26)35)22-15-19-9-7-17-11-18(8-10-20(12-19)16-22)14-21(13-17)23-28-30(5)25(34)31(6)29-23/h7-16H,1-6H3,(H,28,29). The number of hydrazone groups is 1. The van der Waals surface area contributed by atoms with E-state index in [1.165, 1.54) is 10.0 Å². The molecule has 0 unspecified atom stereocenters. The lowest BCUT2D eigenvalue weighted by atomic mass is 9.84. The van der Waals surface area contributed by atoms with E-state index < -0.39 is 11.1 Å². The van der Waals surface area contributed by atoms with Crippen molar-refractivity contribution in [2.24, 2.45) is 5.10 Å². The maximum atomic E-state index is 13.2. The number of amidine groups is 2. The smallest absolute Gasteiger partial charge is 0.358 e. The van der Waals surface area contributed by atoms with Gasteiger partial charge in [-0.05, 0) is 85.6 Å². The van der Waals surface area contributed by atoms with E-state index in [4.69, 9.17) is 0 Å². The molecule has 9 nitrogen and oxygen atoms in total. The Hall–Kier alpha value is -4.11. The van der Waals surface area contributed by atoms with Crippen molar-refractivity contribution in [3.63, 3.8) is 0 Å². The summed E-state index contributed by atoms with van der Waals surface area (Å²) in [6.45, 7) is 7.17. The zero-order chi connectivity index (χ0) is 26.0. The zero-order valence-corrected chi connectivity index (χ0v) is 21.2. The molecule has 3 aromatic rings. The fourth-order valence-electron chi connectivity index (χ4n) is 4.49. The lowest BCUT2D eigenvalue weighted by Crippen LogP contribution is -2.53. The zero-order valence-electron chi connectivity index (χ0n) is 21.2. The van der Waals surface area contributed by atoms with Crippen molar-refractivity contribution < 1.29 is 14.7 Å². The van der Waals surface area contributed by atoms with Crippen LogP contribution in [0, 0.1) is 5.21 Å². The second-order valence-corrected chi connectivity index (χ2v) is 10.4. The largest absolute Gasteiger partial charge is 0.714 e. The third kappa shape index (κ3) is 3.63. The van der Waals surface area contributed by atoms with E-state index >= 15 is 0 Å². The highest BCUT2D eigenvalue weighted by Gasteiger charge is 2.59. The van der Waals surface area contributed by atoms with Crippen molar-refractivity contribution in [3.05, 3.63) is 77.0 Å². The molecule has 0 saturated carbocycles. The molecule has 5 rings (SSSR count). The molecule has 0 atom stereocenters. The van der Waals surface area contributed by atoms with Crippen LogP contribution in [-0.4, -0.2) is 62.7 Å². The van der Waals surface area contributed by atoms with Gasteiger partial charge < -0.3 is 5.21 Å². The first kappa shape index (κ1) is 23.6. The Kier molecular flexibility index (Phi) is 5.22. The van der Waals surface area contributed by atoms with E-state index in [0.717, 1.165) is 36.9 Å². The van der Waals surface area contributed by atoms with Crippen LogP contribution in [0.1, 0.15) is 38.8 Å². The first-order valence-electron chi connectivity index (χ1n) is 11.7. The molecule has 1 radical (unpaired) electrons. The summed E-state index contributed by atoms with van der Waals surface area (Å²) >= 11 is 0. The van der Waals surface area contributed by atoms with Crippen LogP contribution in [0.3, 0.4) is 0 Å². The Morgan fingerprint density at radius 3 is 1.72 bits per heavy atom. The Labute approximate surface area is 209 Å². The van der Waals surface area contributed by atoms with Gasteiger partial charge in [-0.3, -0.25) is 10.2 Å². The van der Waals surface area contributed by atoms with Crippen molar-refractivity contribution in [2.45, 2.75) is 38.8 Å². The van der Waals surface area contributed by atoms with Gasteiger partial charge in [0, 0.05) is 24.9 Å². The molecule has 3 aromatic carbocycles. The Bertz CT molecular complexity index is 1450. The molecule has 36 heavy (non-hydrogen) atoms. The molecule has 0 fully saturated rings. The van der Waals surface area contributed by atoms with E-state index in [2.05, 4.69) is 16.6 Å². The molecule has 4 bridgehead atoms. The van der Waals surface area contributed by atoms with Crippen LogP contribution in [0.4, 0.5) is 4.79 Å². The quantitative estimate of drug-likeness (QED) is 0.435. The maximum absolute atomic E-state index is 13.2. The van der Waals surface area contributed by atoms with Crippen LogP contribution in [0.2, 0.25) is 0 Å². The number of nitrogens with one attached hydrogen (secondary N) is 1. The molecular weight excluding hydrogens is 456 g/mol. The van der Waals surface area contributed by atoms with Gasteiger partial charge in [-0.25, -0.2) is 14.8 Å². The molecule has 0 spiro atoms. The number of carbonyl (C=O) groups excluding carboxylic acids is 1. The average molecular weight is 486 g/mol. The van der Waals surface area contributed by atoms with Gasteiger partial charge in [0.25, 0.3) is 0 Å². The number of rotatable bonds is 2. The number of carbonyl (C=O) groups is 1. The molecule has 2 aliphatic heterocycles. The highest BCUT2D eigenvalue weighted by atomic mass is 16.5. The third-order valence-electron chi connectivity index (χ3n) is 7.41.